The number of sulfone groups is 1. The Morgan fingerprint density at radius 1 is 1.33 bits per heavy atom. The van der Waals surface area contributed by atoms with Crippen LogP contribution in [0.2, 0.25) is 0 Å². The Balaban J connectivity index is 3.46. The second-order valence-corrected chi connectivity index (χ2v) is 7.42. The average molecular weight is 312 g/mol. The zero-order valence-electron chi connectivity index (χ0n) is 13.4. The molecule has 1 rings (SSSR count). The highest BCUT2D eigenvalue weighted by atomic mass is 32.2. The lowest BCUT2D eigenvalue weighted by atomic mass is 9.92. The van der Waals surface area contributed by atoms with Crippen LogP contribution >= 0.6 is 0 Å². The molecule has 0 aromatic heterocycles. The Morgan fingerprint density at radius 3 is 2.43 bits per heavy atom. The van der Waals surface area contributed by atoms with E-state index in [1.807, 2.05) is 6.92 Å². The van der Waals surface area contributed by atoms with E-state index in [4.69, 9.17) is 4.74 Å². The van der Waals surface area contributed by atoms with E-state index in [-0.39, 0.29) is 10.8 Å². The first-order valence-corrected chi connectivity index (χ1v) is 9.05. The van der Waals surface area contributed by atoms with Crippen molar-refractivity contribution in [1.29, 1.82) is 0 Å². The van der Waals surface area contributed by atoms with Crippen molar-refractivity contribution >= 4 is 15.8 Å². The van der Waals surface area contributed by atoms with Crippen LogP contribution in [-0.4, -0.2) is 27.8 Å². The number of hydrogen-bond acceptors (Lipinski definition) is 4. The summed E-state index contributed by atoms with van der Waals surface area (Å²) in [6.07, 6.45) is 4.22. The minimum absolute atomic E-state index is 0.139. The number of hydrogen-bond donors (Lipinski definition) is 0. The van der Waals surface area contributed by atoms with Crippen molar-refractivity contribution in [2.75, 3.05) is 13.4 Å². The topological polar surface area (TPSA) is 60.4 Å². The van der Waals surface area contributed by atoms with Crippen LogP contribution in [0.3, 0.4) is 0 Å². The van der Waals surface area contributed by atoms with E-state index in [0.717, 1.165) is 24.8 Å². The number of rotatable bonds is 6. The Labute approximate surface area is 127 Å². The number of carbonyl (C=O) groups excluding carboxylic acids is 1. The van der Waals surface area contributed by atoms with E-state index in [9.17, 15) is 13.2 Å². The van der Waals surface area contributed by atoms with Gasteiger partial charge in [0.05, 0.1) is 17.6 Å². The number of benzene rings is 1. The van der Waals surface area contributed by atoms with Gasteiger partial charge in [0.2, 0.25) is 0 Å². The third kappa shape index (κ3) is 4.06. The molecule has 1 aromatic rings. The van der Waals surface area contributed by atoms with Gasteiger partial charge in [0.15, 0.2) is 9.84 Å². The summed E-state index contributed by atoms with van der Waals surface area (Å²) < 4.78 is 29.0. The van der Waals surface area contributed by atoms with Gasteiger partial charge in [-0.05, 0) is 36.5 Å². The summed E-state index contributed by atoms with van der Waals surface area (Å²) in [5.74, 6) is -0.370. The van der Waals surface area contributed by atoms with Crippen LogP contribution in [0.1, 0.15) is 60.5 Å². The predicted molar refractivity (Wildman–Crippen MR) is 83.6 cm³/mol. The summed E-state index contributed by atoms with van der Waals surface area (Å²) in [5.41, 5.74) is 1.57. The molecule has 1 unspecified atom stereocenters. The molecule has 0 bridgehead atoms. The summed E-state index contributed by atoms with van der Waals surface area (Å²) in [6.45, 7) is 5.80. The van der Waals surface area contributed by atoms with Crippen LogP contribution < -0.4 is 0 Å². The predicted octanol–water partition coefficient (Wildman–Crippen LogP) is 3.48. The van der Waals surface area contributed by atoms with Crippen molar-refractivity contribution in [3.8, 4) is 0 Å². The molecule has 0 aliphatic heterocycles. The number of unbranched alkanes of at least 4 members (excludes halogenated alkanes) is 1. The molecule has 0 aliphatic carbocycles. The summed E-state index contributed by atoms with van der Waals surface area (Å²) in [7, 11) is -2.11. The molecular formula is C16H24O4S. The van der Waals surface area contributed by atoms with Crippen molar-refractivity contribution in [1.82, 2.24) is 0 Å². The maximum absolute atomic E-state index is 12.2. The van der Waals surface area contributed by atoms with Crippen molar-refractivity contribution in [3.05, 3.63) is 28.8 Å². The van der Waals surface area contributed by atoms with Gasteiger partial charge < -0.3 is 4.74 Å². The number of ether oxygens (including phenoxy) is 1. The van der Waals surface area contributed by atoms with Crippen molar-refractivity contribution in [2.24, 2.45) is 0 Å². The van der Waals surface area contributed by atoms with E-state index in [2.05, 4.69) is 6.92 Å². The lowest BCUT2D eigenvalue weighted by Crippen LogP contribution is -2.13. The van der Waals surface area contributed by atoms with Gasteiger partial charge in [-0.15, -0.1) is 0 Å². The molecule has 4 nitrogen and oxygen atoms in total. The largest absolute Gasteiger partial charge is 0.465 e. The fourth-order valence-electron chi connectivity index (χ4n) is 2.59. The minimum atomic E-state index is -3.41. The summed E-state index contributed by atoms with van der Waals surface area (Å²) in [4.78, 5) is 12.0. The zero-order valence-corrected chi connectivity index (χ0v) is 14.2. The molecule has 0 fully saturated rings. The Bertz CT molecular complexity index is 617. The third-order valence-electron chi connectivity index (χ3n) is 3.73. The maximum Gasteiger partial charge on any atom is 0.338 e. The average Bonchev–Trinajstić information content (AvgIpc) is 2.42. The molecule has 1 atom stereocenters. The first-order valence-electron chi connectivity index (χ1n) is 7.15. The van der Waals surface area contributed by atoms with E-state index in [1.165, 1.54) is 13.4 Å². The van der Waals surface area contributed by atoms with Crippen LogP contribution in [-0.2, 0) is 14.6 Å². The molecule has 118 valence electrons. The highest BCUT2D eigenvalue weighted by Crippen LogP contribution is 2.32. The molecule has 0 saturated carbocycles. The minimum Gasteiger partial charge on any atom is -0.465 e. The molecule has 0 aliphatic rings. The van der Waals surface area contributed by atoms with Gasteiger partial charge >= 0.3 is 5.97 Å². The molecule has 0 heterocycles. The highest BCUT2D eigenvalue weighted by molar-refractivity contribution is 7.90. The number of esters is 1. The van der Waals surface area contributed by atoms with Gasteiger partial charge in [-0.1, -0.05) is 32.8 Å². The van der Waals surface area contributed by atoms with Gasteiger partial charge in [-0.2, -0.15) is 0 Å². The zero-order chi connectivity index (χ0) is 16.2. The van der Waals surface area contributed by atoms with Gasteiger partial charge in [0.25, 0.3) is 0 Å². The fraction of sp³-hybridized carbons (Fsp3) is 0.562. The highest BCUT2D eigenvalue weighted by Gasteiger charge is 2.24. The van der Waals surface area contributed by atoms with Gasteiger partial charge in [-0.3, -0.25) is 0 Å². The second kappa shape index (κ2) is 7.07. The first kappa shape index (κ1) is 17.7. The molecule has 0 amide bonds. The first-order chi connectivity index (χ1) is 9.73. The van der Waals surface area contributed by atoms with Crippen molar-refractivity contribution < 1.29 is 17.9 Å². The van der Waals surface area contributed by atoms with Gasteiger partial charge in [0, 0.05) is 6.26 Å². The Hall–Kier alpha value is -1.36. The van der Waals surface area contributed by atoms with Gasteiger partial charge in [0.1, 0.15) is 0 Å². The molecule has 0 radical (unpaired) electrons. The second-order valence-electron chi connectivity index (χ2n) is 5.46. The lowest BCUT2D eigenvalue weighted by molar-refractivity contribution is 0.0599. The van der Waals surface area contributed by atoms with Crippen LogP contribution in [0.15, 0.2) is 17.0 Å². The van der Waals surface area contributed by atoms with E-state index >= 15 is 0 Å². The smallest absolute Gasteiger partial charge is 0.338 e. The van der Waals surface area contributed by atoms with E-state index < -0.39 is 15.8 Å². The van der Waals surface area contributed by atoms with Crippen LogP contribution in [0.5, 0.6) is 0 Å². The molecule has 5 heteroatoms. The maximum atomic E-state index is 12.2. The Morgan fingerprint density at radius 2 is 1.95 bits per heavy atom. The van der Waals surface area contributed by atoms with Crippen LogP contribution in [0.4, 0.5) is 0 Å². The van der Waals surface area contributed by atoms with E-state index in [1.54, 1.807) is 19.1 Å². The Kier molecular flexibility index (Phi) is 5.96. The normalized spacial score (nSPS) is 13.0. The number of methoxy groups -OCH3 is 1. The standard InChI is InChI=1S/C16H24O4S/c1-6-7-8-11(2)13-9-10-14(16(17)20-4)12(3)15(13)21(5,18)19/h9-11H,6-8H2,1-5H3. The van der Waals surface area contributed by atoms with Crippen LogP contribution in [0.25, 0.3) is 0 Å². The summed E-state index contributed by atoms with van der Waals surface area (Å²) >= 11 is 0. The quantitative estimate of drug-likeness (QED) is 0.755. The molecule has 0 saturated heterocycles. The fourth-order valence-corrected chi connectivity index (χ4v) is 3.95. The van der Waals surface area contributed by atoms with Crippen molar-refractivity contribution in [3.63, 3.8) is 0 Å². The SMILES string of the molecule is CCCCC(C)c1ccc(C(=O)OC)c(C)c1S(C)(=O)=O. The molecule has 0 N–H and O–H groups in total. The van der Waals surface area contributed by atoms with E-state index in [0.29, 0.717) is 11.1 Å². The lowest BCUT2D eigenvalue weighted by Gasteiger charge is -2.19. The molecule has 0 spiro atoms. The summed E-state index contributed by atoms with van der Waals surface area (Å²) in [6, 6.07) is 3.41. The van der Waals surface area contributed by atoms with Gasteiger partial charge in [-0.25, -0.2) is 13.2 Å². The monoisotopic (exact) mass is 312 g/mol. The van der Waals surface area contributed by atoms with Crippen LogP contribution in [0, 0.1) is 6.92 Å². The third-order valence-corrected chi connectivity index (χ3v) is 5.02. The molecule has 21 heavy (non-hydrogen) atoms. The van der Waals surface area contributed by atoms with Crippen molar-refractivity contribution in [2.45, 2.75) is 50.8 Å². The summed E-state index contributed by atoms with van der Waals surface area (Å²) in [5, 5.41) is 0. The molecular weight excluding hydrogens is 288 g/mol. The number of carbonyl (C=O) groups is 1. The molecule has 1 aromatic carbocycles.